The maximum atomic E-state index is 14.2. The number of aryl methyl sites for hydroxylation is 1. The molecule has 0 radical (unpaired) electrons. The van der Waals surface area contributed by atoms with Gasteiger partial charge in [-0.2, -0.15) is 10.2 Å². The third-order valence-corrected chi connectivity index (χ3v) is 5.26. The van der Waals surface area contributed by atoms with Crippen LogP contribution >= 0.6 is 0 Å². The van der Waals surface area contributed by atoms with Gasteiger partial charge in [0.1, 0.15) is 11.6 Å². The van der Waals surface area contributed by atoms with Gasteiger partial charge in [-0.05, 0) is 37.0 Å². The highest BCUT2D eigenvalue weighted by Gasteiger charge is 2.31. The molecule has 1 aliphatic carbocycles. The van der Waals surface area contributed by atoms with Gasteiger partial charge in [0.25, 0.3) is 11.5 Å². The van der Waals surface area contributed by atoms with E-state index < -0.39 is 11.7 Å². The summed E-state index contributed by atoms with van der Waals surface area (Å²) in [5, 5.41) is 19.4. The first-order chi connectivity index (χ1) is 14.4. The third-order valence-electron chi connectivity index (χ3n) is 5.26. The number of carbonyl (C=O) groups excluding carboxylic acids is 1. The Morgan fingerprint density at radius 1 is 1.30 bits per heavy atom. The fourth-order valence-electron chi connectivity index (χ4n) is 3.90. The normalized spacial score (nSPS) is 16.8. The van der Waals surface area contributed by atoms with Crippen molar-refractivity contribution >= 4 is 22.4 Å². The monoisotopic (exact) mass is 408 g/mol. The van der Waals surface area contributed by atoms with Crippen molar-refractivity contribution in [1.82, 2.24) is 15.2 Å². The van der Waals surface area contributed by atoms with Gasteiger partial charge in [-0.3, -0.25) is 9.59 Å². The summed E-state index contributed by atoms with van der Waals surface area (Å²) in [4.78, 5) is 25.5. The van der Waals surface area contributed by atoms with E-state index in [1.807, 2.05) is 13.8 Å². The van der Waals surface area contributed by atoms with Gasteiger partial charge in [0.2, 0.25) is 0 Å². The van der Waals surface area contributed by atoms with Crippen molar-refractivity contribution in [3.05, 3.63) is 69.4 Å². The van der Waals surface area contributed by atoms with Crippen LogP contribution in [0.5, 0.6) is 5.75 Å². The van der Waals surface area contributed by atoms with Crippen molar-refractivity contribution in [2.45, 2.75) is 39.2 Å². The summed E-state index contributed by atoms with van der Waals surface area (Å²) < 4.78 is 15.5. The second kappa shape index (κ2) is 7.70. The van der Waals surface area contributed by atoms with Gasteiger partial charge in [-0.25, -0.2) is 14.5 Å². The van der Waals surface area contributed by atoms with Gasteiger partial charge < -0.3 is 5.11 Å². The van der Waals surface area contributed by atoms with E-state index in [1.54, 1.807) is 24.3 Å². The number of benzene rings is 2. The third kappa shape index (κ3) is 3.24. The molecule has 0 spiro atoms. The van der Waals surface area contributed by atoms with E-state index in [1.165, 1.54) is 16.8 Å². The maximum absolute atomic E-state index is 14.2. The van der Waals surface area contributed by atoms with Crippen molar-refractivity contribution in [2.24, 2.45) is 5.10 Å². The van der Waals surface area contributed by atoms with E-state index in [4.69, 9.17) is 0 Å². The summed E-state index contributed by atoms with van der Waals surface area (Å²) in [5.74, 6) is -1.25. The van der Waals surface area contributed by atoms with Crippen molar-refractivity contribution in [3.8, 4) is 5.75 Å². The van der Waals surface area contributed by atoms with Crippen LogP contribution in [0.1, 0.15) is 54.2 Å². The number of hydrogen-bond donors (Lipinski definition) is 2. The summed E-state index contributed by atoms with van der Waals surface area (Å²) in [6.07, 6.45) is 1.07. The van der Waals surface area contributed by atoms with E-state index in [9.17, 15) is 19.1 Å². The van der Waals surface area contributed by atoms with Gasteiger partial charge in [-0.15, -0.1) is 0 Å². The molecule has 0 saturated carbocycles. The highest BCUT2D eigenvalue weighted by molar-refractivity contribution is 6.09. The molecule has 1 aromatic heterocycles. The predicted molar refractivity (Wildman–Crippen MR) is 111 cm³/mol. The molecule has 2 N–H and O–H groups in total. The molecule has 8 heteroatoms. The molecule has 1 atom stereocenters. The highest BCUT2D eigenvalue weighted by Crippen LogP contribution is 2.39. The number of aromatic nitrogens is 2. The van der Waals surface area contributed by atoms with Crippen LogP contribution in [0.3, 0.4) is 0 Å². The zero-order valence-corrected chi connectivity index (χ0v) is 16.6. The number of rotatable bonds is 4. The molecule has 2 aromatic carbocycles. The largest absolute Gasteiger partial charge is 0.507 e. The molecule has 154 valence electrons. The average molecular weight is 408 g/mol. The predicted octanol–water partition coefficient (Wildman–Crippen LogP) is 3.29. The van der Waals surface area contributed by atoms with Crippen LogP contribution < -0.4 is 11.0 Å². The molecular formula is C22H21FN4O3. The highest BCUT2D eigenvalue weighted by atomic mass is 19.1. The Kier molecular flexibility index (Phi) is 5.07. The maximum Gasteiger partial charge on any atom is 0.292 e. The van der Waals surface area contributed by atoms with Crippen LogP contribution in [0.25, 0.3) is 10.8 Å². The number of phenolic OH excluding ortho intramolecular Hbond substituents is 1. The molecule has 0 aliphatic heterocycles. The van der Waals surface area contributed by atoms with Gasteiger partial charge in [0.05, 0.1) is 11.1 Å². The summed E-state index contributed by atoms with van der Waals surface area (Å²) in [6, 6.07) is 9.28. The molecule has 3 aromatic rings. The van der Waals surface area contributed by atoms with Crippen molar-refractivity contribution in [3.63, 3.8) is 0 Å². The summed E-state index contributed by atoms with van der Waals surface area (Å²) >= 11 is 0. The minimum Gasteiger partial charge on any atom is -0.507 e. The van der Waals surface area contributed by atoms with Crippen LogP contribution in [-0.2, 0) is 6.54 Å². The zero-order chi connectivity index (χ0) is 21.4. The summed E-state index contributed by atoms with van der Waals surface area (Å²) in [6.45, 7) is 4.14. The lowest BCUT2D eigenvalue weighted by Crippen LogP contribution is -2.29. The topological polar surface area (TPSA) is 96.6 Å². The number of phenols is 1. The SMILES string of the molecule is CCCn1nc(C(=O)N/N=C2\C[C@H](C)c3c(F)ccc(O)c32)c2ccccc2c1=O. The van der Waals surface area contributed by atoms with E-state index in [0.717, 1.165) is 0 Å². The molecular weight excluding hydrogens is 387 g/mol. The number of halogens is 1. The molecule has 30 heavy (non-hydrogen) atoms. The number of hydrazone groups is 1. The second-order valence-corrected chi connectivity index (χ2v) is 7.38. The Hall–Kier alpha value is -3.55. The van der Waals surface area contributed by atoms with Crippen LogP contribution in [-0.4, -0.2) is 26.5 Å². The molecule has 0 unspecified atom stereocenters. The number of amides is 1. The fourth-order valence-corrected chi connectivity index (χ4v) is 3.90. The second-order valence-electron chi connectivity index (χ2n) is 7.38. The molecule has 1 aliphatic rings. The van der Waals surface area contributed by atoms with Crippen LogP contribution in [0.15, 0.2) is 46.3 Å². The standard InChI is InChI=1S/C22H21FN4O3/c1-3-10-27-22(30)14-7-5-4-6-13(14)20(26-27)21(29)25-24-16-11-12(2)18-15(23)8-9-17(28)19(16)18/h4-9,12,28H,3,10-11H2,1-2H3,(H,25,29)/b24-16+/t12-/m0/s1. The quantitative estimate of drug-likeness (QED) is 0.648. The molecule has 4 rings (SSSR count). The number of carbonyl (C=O) groups is 1. The van der Waals surface area contributed by atoms with Gasteiger partial charge in [0.15, 0.2) is 5.69 Å². The molecule has 0 bridgehead atoms. The molecule has 0 saturated heterocycles. The van der Waals surface area contributed by atoms with Gasteiger partial charge >= 0.3 is 0 Å². The number of nitrogens with one attached hydrogen (secondary N) is 1. The van der Waals surface area contributed by atoms with Crippen LogP contribution in [0.2, 0.25) is 0 Å². The van der Waals surface area contributed by atoms with Crippen molar-refractivity contribution in [1.29, 1.82) is 0 Å². The lowest BCUT2D eigenvalue weighted by Gasteiger charge is -2.10. The molecule has 0 fully saturated rings. The number of fused-ring (bicyclic) bond motifs is 2. The number of aromatic hydroxyl groups is 1. The van der Waals surface area contributed by atoms with Crippen LogP contribution in [0, 0.1) is 5.82 Å². The Morgan fingerprint density at radius 2 is 2.03 bits per heavy atom. The van der Waals surface area contributed by atoms with Gasteiger partial charge in [-0.1, -0.05) is 32.0 Å². The fraction of sp³-hybridized carbons (Fsp3) is 0.273. The first-order valence-electron chi connectivity index (χ1n) is 9.80. The first-order valence-corrected chi connectivity index (χ1v) is 9.80. The Labute approximate surface area is 171 Å². The summed E-state index contributed by atoms with van der Waals surface area (Å²) in [5.41, 5.74) is 3.40. The van der Waals surface area contributed by atoms with E-state index >= 15 is 0 Å². The van der Waals surface area contributed by atoms with Crippen molar-refractivity contribution in [2.75, 3.05) is 0 Å². The Morgan fingerprint density at radius 3 is 2.77 bits per heavy atom. The Bertz CT molecular complexity index is 1250. The zero-order valence-electron chi connectivity index (χ0n) is 16.6. The van der Waals surface area contributed by atoms with E-state index in [-0.39, 0.29) is 22.9 Å². The Balaban J connectivity index is 1.73. The molecule has 1 amide bonds. The minimum atomic E-state index is -0.583. The number of nitrogens with zero attached hydrogens (tertiary/aromatic N) is 3. The van der Waals surface area contributed by atoms with E-state index in [2.05, 4.69) is 15.6 Å². The minimum absolute atomic E-state index is 0.0798. The average Bonchev–Trinajstić information content (AvgIpc) is 3.08. The van der Waals surface area contributed by atoms with Crippen LogP contribution in [0.4, 0.5) is 4.39 Å². The molecule has 1 heterocycles. The van der Waals surface area contributed by atoms with Crippen molar-refractivity contribution < 1.29 is 14.3 Å². The smallest absolute Gasteiger partial charge is 0.292 e. The molecule has 7 nitrogen and oxygen atoms in total. The first kappa shape index (κ1) is 19.8. The summed E-state index contributed by atoms with van der Waals surface area (Å²) in [7, 11) is 0. The van der Waals surface area contributed by atoms with E-state index in [0.29, 0.717) is 47.0 Å². The van der Waals surface area contributed by atoms with Gasteiger partial charge in [0, 0.05) is 23.1 Å². The lowest BCUT2D eigenvalue weighted by molar-refractivity contribution is 0.0949. The lowest BCUT2D eigenvalue weighted by atomic mass is 10.0. The number of hydrogen-bond acceptors (Lipinski definition) is 5.